The van der Waals surface area contributed by atoms with E-state index in [1.165, 1.54) is 10.6 Å². The maximum atomic E-state index is 5.55. The largest absolute Gasteiger partial charge is 0.376 e. The first-order valence-electron chi connectivity index (χ1n) is 6.13. The average molecular weight is 280 g/mol. The number of hydrogen-bond acceptors (Lipinski definition) is 5. The molecule has 2 aromatic heterocycles. The Morgan fingerprint density at radius 1 is 1.50 bits per heavy atom. The van der Waals surface area contributed by atoms with E-state index in [2.05, 4.69) is 34.7 Å². The maximum Gasteiger partial charge on any atom is 0.133 e. The van der Waals surface area contributed by atoms with E-state index in [-0.39, 0.29) is 0 Å². The van der Waals surface area contributed by atoms with Crippen molar-refractivity contribution < 1.29 is 4.74 Å². The Labute approximate surface area is 115 Å². The lowest BCUT2D eigenvalue weighted by atomic mass is 10.3. The van der Waals surface area contributed by atoms with Gasteiger partial charge in [-0.3, -0.25) is 4.90 Å². The molecule has 0 amide bonds. The Hall–Kier alpha value is -0.750. The van der Waals surface area contributed by atoms with Crippen molar-refractivity contribution in [3.8, 4) is 9.88 Å². The second-order valence-corrected chi connectivity index (χ2v) is 6.34. The lowest BCUT2D eigenvalue weighted by Crippen LogP contribution is -2.40. The molecular weight excluding hydrogens is 264 g/mol. The predicted octanol–water partition coefficient (Wildman–Crippen LogP) is 3.09. The first-order valence-corrected chi connectivity index (χ1v) is 7.89. The highest BCUT2D eigenvalue weighted by Gasteiger charge is 2.17. The van der Waals surface area contributed by atoms with Gasteiger partial charge in [-0.05, 0) is 18.4 Å². The second kappa shape index (κ2) is 5.48. The summed E-state index contributed by atoms with van der Waals surface area (Å²) < 4.78 is 5.55. The van der Waals surface area contributed by atoms with Crippen LogP contribution in [-0.2, 0) is 11.3 Å². The lowest BCUT2D eigenvalue weighted by molar-refractivity contribution is -0.0215. The van der Waals surface area contributed by atoms with Crippen molar-refractivity contribution in [2.75, 3.05) is 19.7 Å². The summed E-state index contributed by atoms with van der Waals surface area (Å²) in [4.78, 5) is 8.40. The number of hydrogen-bond donors (Lipinski definition) is 0. The smallest absolute Gasteiger partial charge is 0.133 e. The van der Waals surface area contributed by atoms with Gasteiger partial charge in [0.25, 0.3) is 0 Å². The molecule has 3 heterocycles. The summed E-state index contributed by atoms with van der Waals surface area (Å²) in [5.41, 5.74) is 1.18. The van der Waals surface area contributed by atoms with E-state index in [1.54, 1.807) is 22.7 Å². The molecule has 96 valence electrons. The predicted molar refractivity (Wildman–Crippen MR) is 76.1 cm³/mol. The van der Waals surface area contributed by atoms with Crippen LogP contribution in [0.3, 0.4) is 0 Å². The molecule has 0 N–H and O–H groups in total. The van der Waals surface area contributed by atoms with Gasteiger partial charge in [-0.2, -0.15) is 0 Å². The Morgan fingerprint density at radius 3 is 3.22 bits per heavy atom. The highest BCUT2D eigenvalue weighted by molar-refractivity contribution is 7.20. The summed E-state index contributed by atoms with van der Waals surface area (Å²) in [6.45, 7) is 5.92. The molecule has 1 aliphatic heterocycles. The number of nitrogens with zero attached hydrogens (tertiary/aromatic N) is 2. The van der Waals surface area contributed by atoms with E-state index >= 15 is 0 Å². The van der Waals surface area contributed by atoms with Gasteiger partial charge in [0.2, 0.25) is 0 Å². The minimum atomic E-state index is 0.342. The topological polar surface area (TPSA) is 25.4 Å². The molecule has 0 spiro atoms. The van der Waals surface area contributed by atoms with E-state index in [1.807, 2.05) is 0 Å². The lowest BCUT2D eigenvalue weighted by Gasteiger charge is -2.30. The zero-order valence-electron chi connectivity index (χ0n) is 10.3. The van der Waals surface area contributed by atoms with Gasteiger partial charge < -0.3 is 4.74 Å². The van der Waals surface area contributed by atoms with Crippen LogP contribution in [0.4, 0.5) is 0 Å². The molecule has 0 aromatic carbocycles. The molecule has 1 atom stereocenters. The Kier molecular flexibility index (Phi) is 3.75. The number of morpholine rings is 1. The summed E-state index contributed by atoms with van der Waals surface area (Å²) in [7, 11) is 0. The normalized spacial score (nSPS) is 21.3. The van der Waals surface area contributed by atoms with Crippen LogP contribution in [0.25, 0.3) is 9.88 Å². The SMILES string of the molecule is CC1CN(Cc2csc(-c3cccs3)n2)CCO1. The van der Waals surface area contributed by atoms with Crippen LogP contribution in [0, 0.1) is 0 Å². The molecule has 1 saturated heterocycles. The van der Waals surface area contributed by atoms with Crippen molar-refractivity contribution in [2.24, 2.45) is 0 Å². The third-order valence-corrected chi connectivity index (χ3v) is 4.92. The molecule has 0 radical (unpaired) electrons. The molecule has 1 unspecified atom stereocenters. The minimum absolute atomic E-state index is 0.342. The van der Waals surface area contributed by atoms with Crippen LogP contribution < -0.4 is 0 Å². The molecule has 0 aliphatic carbocycles. The molecule has 18 heavy (non-hydrogen) atoms. The van der Waals surface area contributed by atoms with Crippen LogP contribution >= 0.6 is 22.7 Å². The van der Waals surface area contributed by atoms with Gasteiger partial charge in [0.1, 0.15) is 5.01 Å². The van der Waals surface area contributed by atoms with E-state index in [0.29, 0.717) is 6.10 Å². The zero-order valence-corrected chi connectivity index (χ0v) is 12.0. The Balaban J connectivity index is 1.66. The van der Waals surface area contributed by atoms with Crippen LogP contribution in [0.2, 0.25) is 0 Å². The van der Waals surface area contributed by atoms with Crippen molar-refractivity contribution in [3.05, 3.63) is 28.6 Å². The molecule has 0 bridgehead atoms. The van der Waals surface area contributed by atoms with Gasteiger partial charge in [-0.1, -0.05) is 6.07 Å². The third-order valence-electron chi connectivity index (χ3n) is 2.99. The highest BCUT2D eigenvalue weighted by atomic mass is 32.1. The van der Waals surface area contributed by atoms with Gasteiger partial charge in [0.15, 0.2) is 0 Å². The van der Waals surface area contributed by atoms with Crippen molar-refractivity contribution in [1.82, 2.24) is 9.88 Å². The fourth-order valence-corrected chi connectivity index (χ4v) is 3.78. The highest BCUT2D eigenvalue weighted by Crippen LogP contribution is 2.28. The summed E-state index contributed by atoms with van der Waals surface area (Å²) in [6, 6.07) is 4.20. The standard InChI is InChI=1S/C13H16N2OS2/c1-10-7-15(4-5-16-10)8-11-9-18-13(14-11)12-3-2-6-17-12/h2-3,6,9-10H,4-5,7-8H2,1H3. The first-order chi connectivity index (χ1) is 8.81. The quantitative estimate of drug-likeness (QED) is 0.864. The summed E-state index contributed by atoms with van der Waals surface area (Å²) in [6.07, 6.45) is 0.342. The number of thiazole rings is 1. The van der Waals surface area contributed by atoms with Crippen LogP contribution in [0.15, 0.2) is 22.9 Å². The summed E-state index contributed by atoms with van der Waals surface area (Å²) in [5.74, 6) is 0. The van der Waals surface area contributed by atoms with Gasteiger partial charge in [0.05, 0.1) is 23.3 Å². The van der Waals surface area contributed by atoms with Gasteiger partial charge in [0, 0.05) is 25.0 Å². The zero-order chi connectivity index (χ0) is 12.4. The molecule has 5 heteroatoms. The number of ether oxygens (including phenoxy) is 1. The van der Waals surface area contributed by atoms with Crippen molar-refractivity contribution >= 4 is 22.7 Å². The monoisotopic (exact) mass is 280 g/mol. The molecule has 1 fully saturated rings. The van der Waals surface area contributed by atoms with Crippen LogP contribution in [0.5, 0.6) is 0 Å². The van der Waals surface area contributed by atoms with Crippen molar-refractivity contribution in [1.29, 1.82) is 0 Å². The molecule has 2 aromatic rings. The van der Waals surface area contributed by atoms with E-state index < -0.39 is 0 Å². The van der Waals surface area contributed by atoms with Gasteiger partial charge in [-0.25, -0.2) is 4.98 Å². The first kappa shape index (κ1) is 12.3. The maximum absolute atomic E-state index is 5.55. The van der Waals surface area contributed by atoms with Gasteiger partial charge >= 0.3 is 0 Å². The van der Waals surface area contributed by atoms with Crippen molar-refractivity contribution in [2.45, 2.75) is 19.6 Å². The summed E-state index contributed by atoms with van der Waals surface area (Å²) in [5, 5.41) is 5.41. The Bertz CT molecular complexity index is 495. The number of thiophene rings is 1. The summed E-state index contributed by atoms with van der Waals surface area (Å²) >= 11 is 3.49. The number of rotatable bonds is 3. The number of aromatic nitrogens is 1. The average Bonchev–Trinajstić information content (AvgIpc) is 2.98. The molecule has 3 rings (SSSR count). The van der Waals surface area contributed by atoms with Crippen LogP contribution in [-0.4, -0.2) is 35.7 Å². The third kappa shape index (κ3) is 2.80. The fourth-order valence-electron chi connectivity index (χ4n) is 2.16. The van der Waals surface area contributed by atoms with E-state index in [4.69, 9.17) is 9.72 Å². The van der Waals surface area contributed by atoms with Crippen LogP contribution in [0.1, 0.15) is 12.6 Å². The molecule has 1 aliphatic rings. The van der Waals surface area contributed by atoms with Gasteiger partial charge in [-0.15, -0.1) is 22.7 Å². The second-order valence-electron chi connectivity index (χ2n) is 4.54. The molecule has 3 nitrogen and oxygen atoms in total. The molecule has 0 saturated carbocycles. The Morgan fingerprint density at radius 2 is 2.44 bits per heavy atom. The fraction of sp³-hybridized carbons (Fsp3) is 0.462. The van der Waals surface area contributed by atoms with E-state index in [0.717, 1.165) is 31.2 Å². The molecular formula is C13H16N2OS2. The minimum Gasteiger partial charge on any atom is -0.376 e. The van der Waals surface area contributed by atoms with Crippen molar-refractivity contribution in [3.63, 3.8) is 0 Å². The van der Waals surface area contributed by atoms with E-state index in [9.17, 15) is 0 Å².